The van der Waals surface area contributed by atoms with E-state index in [-0.39, 0.29) is 11.9 Å². The van der Waals surface area contributed by atoms with Crippen LogP contribution in [0.5, 0.6) is 0 Å². The van der Waals surface area contributed by atoms with Crippen LogP contribution in [-0.4, -0.2) is 16.8 Å². The van der Waals surface area contributed by atoms with Crippen LogP contribution in [0.15, 0.2) is 15.2 Å². The molecule has 0 bridgehead atoms. The maximum atomic E-state index is 11.7. The summed E-state index contributed by atoms with van der Waals surface area (Å²) in [6, 6.07) is 2.02. The van der Waals surface area contributed by atoms with Crippen LogP contribution in [0.2, 0.25) is 0 Å². The number of rotatable bonds is 4. The van der Waals surface area contributed by atoms with Crippen molar-refractivity contribution in [3.05, 3.63) is 20.8 Å². The van der Waals surface area contributed by atoms with Crippen LogP contribution in [0.25, 0.3) is 0 Å². The number of alkyl halides is 1. The fraction of sp³-hybridized carbons (Fsp3) is 0.500. The Hall–Kier alpha value is 0.130. The van der Waals surface area contributed by atoms with Gasteiger partial charge in [-0.1, -0.05) is 22.9 Å². The molecule has 2 unspecified atom stereocenters. The molecule has 2 nitrogen and oxygen atoms in total. The fourth-order valence-corrected chi connectivity index (χ4v) is 2.98. The molecule has 1 heterocycles. The minimum atomic E-state index is -0.00222. The Kier molecular flexibility index (Phi) is 5.29. The lowest BCUT2D eigenvalue weighted by Gasteiger charge is -2.14. The van der Waals surface area contributed by atoms with E-state index < -0.39 is 0 Å². The van der Waals surface area contributed by atoms with Crippen LogP contribution < -0.4 is 5.32 Å². The van der Waals surface area contributed by atoms with E-state index in [0.717, 1.165) is 15.8 Å². The highest BCUT2D eigenvalue weighted by atomic mass is 79.9. The van der Waals surface area contributed by atoms with Gasteiger partial charge in [0.25, 0.3) is 5.91 Å². The minimum absolute atomic E-state index is 0.00222. The van der Waals surface area contributed by atoms with E-state index in [1.54, 1.807) is 0 Å². The number of carbonyl (C=O) groups is 1. The average molecular weight is 355 g/mol. The summed E-state index contributed by atoms with van der Waals surface area (Å²) < 4.78 is 0.981. The molecule has 84 valence electrons. The topological polar surface area (TPSA) is 29.1 Å². The molecular formula is C10H13Br2NOS. The summed E-state index contributed by atoms with van der Waals surface area (Å²) in [4.78, 5) is 12.1. The van der Waals surface area contributed by atoms with Crippen molar-refractivity contribution in [3.63, 3.8) is 0 Å². The van der Waals surface area contributed by atoms with Gasteiger partial charge in [0.15, 0.2) is 0 Å². The first kappa shape index (κ1) is 13.2. The predicted molar refractivity (Wildman–Crippen MR) is 72.0 cm³/mol. The first-order valence-electron chi connectivity index (χ1n) is 4.68. The van der Waals surface area contributed by atoms with Gasteiger partial charge in [0.1, 0.15) is 0 Å². The normalized spacial score (nSPS) is 14.7. The highest BCUT2D eigenvalue weighted by Gasteiger charge is 2.12. The van der Waals surface area contributed by atoms with Crippen molar-refractivity contribution in [2.75, 3.05) is 0 Å². The number of thiophene rings is 1. The van der Waals surface area contributed by atoms with E-state index >= 15 is 0 Å². The van der Waals surface area contributed by atoms with Crippen molar-refractivity contribution in [1.29, 1.82) is 0 Å². The highest BCUT2D eigenvalue weighted by molar-refractivity contribution is 9.11. The van der Waals surface area contributed by atoms with Crippen molar-refractivity contribution in [2.24, 2.45) is 0 Å². The Balaban J connectivity index is 2.49. The SMILES string of the molecule is CC(Br)CC(C)NC(=O)c1csc(Br)c1. The monoisotopic (exact) mass is 353 g/mol. The van der Waals surface area contributed by atoms with E-state index in [2.05, 4.69) is 44.1 Å². The van der Waals surface area contributed by atoms with Crippen molar-refractivity contribution >= 4 is 49.1 Å². The van der Waals surface area contributed by atoms with Crippen molar-refractivity contribution in [2.45, 2.75) is 31.1 Å². The summed E-state index contributed by atoms with van der Waals surface area (Å²) in [6.45, 7) is 4.08. The van der Waals surface area contributed by atoms with Gasteiger partial charge in [0, 0.05) is 16.2 Å². The Labute approximate surface area is 111 Å². The molecular weight excluding hydrogens is 342 g/mol. The molecule has 15 heavy (non-hydrogen) atoms. The van der Waals surface area contributed by atoms with Gasteiger partial charge in [-0.3, -0.25) is 4.79 Å². The largest absolute Gasteiger partial charge is 0.350 e. The van der Waals surface area contributed by atoms with Gasteiger partial charge in [-0.25, -0.2) is 0 Å². The molecule has 1 N–H and O–H groups in total. The fourth-order valence-electron chi connectivity index (χ4n) is 1.28. The lowest BCUT2D eigenvalue weighted by molar-refractivity contribution is 0.0939. The molecule has 1 rings (SSSR count). The molecule has 0 fully saturated rings. The molecule has 5 heteroatoms. The second kappa shape index (κ2) is 6.01. The van der Waals surface area contributed by atoms with Gasteiger partial charge in [-0.2, -0.15) is 0 Å². The Morgan fingerprint density at radius 3 is 2.73 bits per heavy atom. The second-order valence-electron chi connectivity index (χ2n) is 3.53. The summed E-state index contributed by atoms with van der Waals surface area (Å²) in [6.07, 6.45) is 0.928. The summed E-state index contributed by atoms with van der Waals surface area (Å²) in [5.74, 6) is -0.00222. The van der Waals surface area contributed by atoms with Crippen LogP contribution in [0.4, 0.5) is 0 Å². The Morgan fingerprint density at radius 1 is 1.60 bits per heavy atom. The van der Waals surface area contributed by atoms with Gasteiger partial charge in [0.2, 0.25) is 0 Å². The van der Waals surface area contributed by atoms with Crippen molar-refractivity contribution in [1.82, 2.24) is 5.32 Å². The van der Waals surface area contributed by atoms with Gasteiger partial charge < -0.3 is 5.32 Å². The molecule has 0 saturated heterocycles. The van der Waals surface area contributed by atoms with Gasteiger partial charge in [0.05, 0.1) is 9.35 Å². The lowest BCUT2D eigenvalue weighted by Crippen LogP contribution is -2.33. The molecule has 0 aliphatic heterocycles. The van der Waals surface area contributed by atoms with Gasteiger partial charge in [-0.05, 0) is 35.3 Å². The zero-order valence-corrected chi connectivity index (χ0v) is 12.6. The van der Waals surface area contributed by atoms with Gasteiger partial charge in [-0.15, -0.1) is 11.3 Å². The minimum Gasteiger partial charge on any atom is -0.350 e. The lowest BCUT2D eigenvalue weighted by atomic mass is 10.2. The summed E-state index contributed by atoms with van der Waals surface area (Å²) in [5.41, 5.74) is 0.723. The molecule has 0 spiro atoms. The molecule has 0 aliphatic rings. The van der Waals surface area contributed by atoms with E-state index in [1.165, 1.54) is 11.3 Å². The zero-order chi connectivity index (χ0) is 11.4. The number of carbonyl (C=O) groups excluding carboxylic acids is 1. The summed E-state index contributed by atoms with van der Waals surface area (Å²) >= 11 is 8.33. The first-order chi connectivity index (χ1) is 6.99. The maximum Gasteiger partial charge on any atom is 0.252 e. The number of amides is 1. The smallest absolute Gasteiger partial charge is 0.252 e. The zero-order valence-electron chi connectivity index (χ0n) is 8.59. The standard InChI is InChI=1S/C10H13Br2NOS/c1-6(11)3-7(2)13-10(14)8-4-9(12)15-5-8/h4-7H,3H2,1-2H3,(H,13,14). The molecule has 2 atom stereocenters. The third-order valence-electron chi connectivity index (χ3n) is 1.89. The van der Waals surface area contributed by atoms with Crippen molar-refractivity contribution < 1.29 is 4.79 Å². The van der Waals surface area contributed by atoms with E-state index in [1.807, 2.05) is 18.4 Å². The molecule has 0 aliphatic carbocycles. The predicted octanol–water partition coefficient (Wildman–Crippen LogP) is 3.80. The van der Waals surface area contributed by atoms with Crippen LogP contribution in [-0.2, 0) is 0 Å². The Morgan fingerprint density at radius 2 is 2.27 bits per heavy atom. The van der Waals surface area contributed by atoms with E-state index in [9.17, 15) is 4.79 Å². The van der Waals surface area contributed by atoms with E-state index in [0.29, 0.717) is 4.83 Å². The molecule has 1 aromatic heterocycles. The molecule has 0 radical (unpaired) electrons. The number of halogens is 2. The number of hydrogen-bond acceptors (Lipinski definition) is 2. The van der Waals surface area contributed by atoms with Gasteiger partial charge >= 0.3 is 0 Å². The van der Waals surface area contributed by atoms with Crippen LogP contribution >= 0.6 is 43.2 Å². The third kappa shape index (κ3) is 4.66. The van der Waals surface area contributed by atoms with Crippen LogP contribution in [0, 0.1) is 0 Å². The third-order valence-corrected chi connectivity index (χ3v) is 3.76. The first-order valence-corrected chi connectivity index (χ1v) is 7.27. The maximum absolute atomic E-state index is 11.7. The molecule has 0 saturated carbocycles. The molecule has 1 aromatic rings. The summed E-state index contributed by atoms with van der Waals surface area (Å²) in [7, 11) is 0. The Bertz CT molecular complexity index is 338. The van der Waals surface area contributed by atoms with Crippen LogP contribution in [0.3, 0.4) is 0 Å². The average Bonchev–Trinajstić information content (AvgIpc) is 2.49. The quantitative estimate of drug-likeness (QED) is 0.818. The molecule has 1 amide bonds. The highest BCUT2D eigenvalue weighted by Crippen LogP contribution is 2.20. The number of hydrogen-bond donors (Lipinski definition) is 1. The van der Waals surface area contributed by atoms with Crippen LogP contribution in [0.1, 0.15) is 30.6 Å². The number of nitrogens with one attached hydrogen (secondary N) is 1. The van der Waals surface area contributed by atoms with E-state index in [4.69, 9.17) is 0 Å². The van der Waals surface area contributed by atoms with Crippen molar-refractivity contribution in [3.8, 4) is 0 Å². The summed E-state index contributed by atoms with van der Waals surface area (Å²) in [5, 5.41) is 4.81. The second-order valence-corrected chi connectivity index (χ2v) is 7.38. The molecule has 0 aromatic carbocycles.